The van der Waals surface area contributed by atoms with Crippen LogP contribution in [0.5, 0.6) is 0 Å². The van der Waals surface area contributed by atoms with Gasteiger partial charge in [-0.15, -0.1) is 0 Å². The molecule has 0 saturated carbocycles. The fourth-order valence-electron chi connectivity index (χ4n) is 1.51. The van der Waals surface area contributed by atoms with Crippen LogP contribution in [0.25, 0.3) is 0 Å². The molecule has 0 saturated heterocycles. The van der Waals surface area contributed by atoms with E-state index in [0.717, 1.165) is 5.56 Å². The van der Waals surface area contributed by atoms with E-state index in [1.54, 1.807) is 18.2 Å². The highest BCUT2D eigenvalue weighted by Gasteiger charge is 2.15. The first-order valence-corrected chi connectivity index (χ1v) is 5.47. The molecule has 1 amide bonds. The molecule has 0 aromatic heterocycles. The molecule has 0 radical (unpaired) electrons. The summed E-state index contributed by atoms with van der Waals surface area (Å²) in [4.78, 5) is 13.4. The van der Waals surface area contributed by atoms with Gasteiger partial charge in [-0.25, -0.2) is 0 Å². The molecule has 1 rings (SSSR count). The van der Waals surface area contributed by atoms with E-state index in [2.05, 4.69) is 0 Å². The smallest absolute Gasteiger partial charge is 0.254 e. The fraction of sp³-hybridized carbons (Fsp3) is 0.417. The number of nitrogens with two attached hydrogens (primary N) is 1. The van der Waals surface area contributed by atoms with Crippen molar-refractivity contribution < 1.29 is 15.0 Å². The highest BCUT2D eigenvalue weighted by molar-refractivity contribution is 5.95. The maximum absolute atomic E-state index is 12.0. The van der Waals surface area contributed by atoms with Crippen molar-refractivity contribution in [3.05, 3.63) is 29.3 Å². The summed E-state index contributed by atoms with van der Waals surface area (Å²) in [6.45, 7) is 2.00. The first-order chi connectivity index (χ1) is 8.10. The Morgan fingerprint density at radius 2 is 1.88 bits per heavy atom. The second kappa shape index (κ2) is 6.22. The molecule has 0 heterocycles. The van der Waals surface area contributed by atoms with Crippen molar-refractivity contribution in [2.24, 2.45) is 0 Å². The summed E-state index contributed by atoms with van der Waals surface area (Å²) in [5.74, 6) is -0.236. The van der Waals surface area contributed by atoms with Crippen LogP contribution in [0.1, 0.15) is 15.9 Å². The summed E-state index contributed by atoms with van der Waals surface area (Å²) in [6, 6.07) is 5.08. The van der Waals surface area contributed by atoms with Crippen molar-refractivity contribution >= 4 is 11.6 Å². The van der Waals surface area contributed by atoms with Gasteiger partial charge in [0.1, 0.15) is 0 Å². The lowest BCUT2D eigenvalue weighted by Gasteiger charge is -2.21. The molecule has 4 N–H and O–H groups in total. The molecule has 94 valence electrons. The van der Waals surface area contributed by atoms with Crippen LogP contribution in [-0.2, 0) is 0 Å². The number of hydrogen-bond acceptors (Lipinski definition) is 4. The van der Waals surface area contributed by atoms with Crippen molar-refractivity contribution in [2.45, 2.75) is 6.92 Å². The Morgan fingerprint density at radius 1 is 1.29 bits per heavy atom. The van der Waals surface area contributed by atoms with Crippen molar-refractivity contribution in [3.63, 3.8) is 0 Å². The zero-order valence-corrected chi connectivity index (χ0v) is 9.89. The Hall–Kier alpha value is -1.59. The molecule has 5 nitrogen and oxygen atoms in total. The van der Waals surface area contributed by atoms with Crippen LogP contribution in [0.3, 0.4) is 0 Å². The van der Waals surface area contributed by atoms with E-state index in [-0.39, 0.29) is 32.2 Å². The number of aryl methyl sites for hydroxylation is 1. The predicted octanol–water partition coefficient (Wildman–Crippen LogP) is 0.00402. The van der Waals surface area contributed by atoms with E-state index in [0.29, 0.717) is 11.3 Å². The lowest BCUT2D eigenvalue weighted by molar-refractivity contribution is 0.0685. The van der Waals surface area contributed by atoms with Crippen molar-refractivity contribution in [2.75, 3.05) is 32.0 Å². The number of carbonyl (C=O) groups is 1. The van der Waals surface area contributed by atoms with E-state index >= 15 is 0 Å². The second-order valence-electron chi connectivity index (χ2n) is 3.81. The number of nitrogens with zero attached hydrogens (tertiary/aromatic N) is 1. The van der Waals surface area contributed by atoms with E-state index in [4.69, 9.17) is 15.9 Å². The standard InChI is InChI=1S/C12H18N2O3/c1-9-2-3-10(8-11(9)13)12(17)14(4-6-15)5-7-16/h2-3,8,15-16H,4-7,13H2,1H3. The highest BCUT2D eigenvalue weighted by atomic mass is 16.3. The third-order valence-corrected chi connectivity index (χ3v) is 2.55. The molecule has 5 heteroatoms. The Balaban J connectivity index is 2.88. The first-order valence-electron chi connectivity index (χ1n) is 5.47. The Morgan fingerprint density at radius 3 is 2.35 bits per heavy atom. The molecule has 1 aromatic rings. The van der Waals surface area contributed by atoms with Crippen LogP contribution in [0.4, 0.5) is 5.69 Å². The Kier molecular flexibility index (Phi) is 4.93. The van der Waals surface area contributed by atoms with Crippen molar-refractivity contribution in [1.82, 2.24) is 4.90 Å². The molecule has 0 aliphatic carbocycles. The first kappa shape index (κ1) is 13.5. The molecular formula is C12H18N2O3. The third kappa shape index (κ3) is 3.44. The monoisotopic (exact) mass is 238 g/mol. The summed E-state index contributed by atoms with van der Waals surface area (Å²) in [5, 5.41) is 17.7. The fourth-order valence-corrected chi connectivity index (χ4v) is 1.51. The summed E-state index contributed by atoms with van der Waals surface area (Å²) in [7, 11) is 0. The lowest BCUT2D eigenvalue weighted by Crippen LogP contribution is -2.35. The van der Waals surface area contributed by atoms with Crippen LogP contribution < -0.4 is 5.73 Å². The van der Waals surface area contributed by atoms with Crippen LogP contribution in [0, 0.1) is 6.92 Å². The van der Waals surface area contributed by atoms with Gasteiger partial charge < -0.3 is 20.8 Å². The van der Waals surface area contributed by atoms with E-state index in [1.165, 1.54) is 4.90 Å². The number of benzene rings is 1. The van der Waals surface area contributed by atoms with Crippen LogP contribution >= 0.6 is 0 Å². The largest absolute Gasteiger partial charge is 0.398 e. The number of amides is 1. The van der Waals surface area contributed by atoms with Gasteiger partial charge in [-0.05, 0) is 24.6 Å². The predicted molar refractivity (Wildman–Crippen MR) is 65.7 cm³/mol. The van der Waals surface area contributed by atoms with Gasteiger partial charge in [0, 0.05) is 24.3 Å². The average molecular weight is 238 g/mol. The van der Waals surface area contributed by atoms with Crippen LogP contribution in [0.2, 0.25) is 0 Å². The number of anilines is 1. The zero-order valence-electron chi connectivity index (χ0n) is 9.89. The van der Waals surface area contributed by atoms with Gasteiger partial charge in [-0.1, -0.05) is 6.07 Å². The van der Waals surface area contributed by atoms with E-state index in [1.807, 2.05) is 6.92 Å². The highest BCUT2D eigenvalue weighted by Crippen LogP contribution is 2.14. The molecule has 1 aromatic carbocycles. The van der Waals surface area contributed by atoms with E-state index in [9.17, 15) is 4.79 Å². The Labute approximate surface area is 100 Å². The maximum Gasteiger partial charge on any atom is 0.254 e. The topological polar surface area (TPSA) is 86.8 Å². The minimum Gasteiger partial charge on any atom is -0.398 e. The van der Waals surface area contributed by atoms with Gasteiger partial charge in [-0.3, -0.25) is 4.79 Å². The van der Waals surface area contributed by atoms with Crippen LogP contribution in [0.15, 0.2) is 18.2 Å². The maximum atomic E-state index is 12.0. The molecule has 17 heavy (non-hydrogen) atoms. The quantitative estimate of drug-likeness (QED) is 0.630. The number of nitrogen functional groups attached to an aromatic ring is 1. The number of aliphatic hydroxyl groups is 2. The van der Waals surface area contributed by atoms with Gasteiger partial charge in [0.25, 0.3) is 5.91 Å². The SMILES string of the molecule is Cc1ccc(C(=O)N(CCO)CCO)cc1N. The minimum absolute atomic E-state index is 0.132. The Bertz CT molecular complexity index is 387. The average Bonchev–Trinajstić information content (AvgIpc) is 2.31. The lowest BCUT2D eigenvalue weighted by atomic mass is 10.1. The molecule has 0 aliphatic heterocycles. The summed E-state index contributed by atoms with van der Waals surface area (Å²) >= 11 is 0. The van der Waals surface area contributed by atoms with Gasteiger partial charge in [0.2, 0.25) is 0 Å². The van der Waals surface area contributed by atoms with E-state index < -0.39 is 0 Å². The number of hydrogen-bond donors (Lipinski definition) is 3. The van der Waals surface area contributed by atoms with Gasteiger partial charge in [0.15, 0.2) is 0 Å². The normalized spacial score (nSPS) is 10.3. The molecule has 0 fully saturated rings. The molecule has 0 spiro atoms. The summed E-state index contributed by atoms with van der Waals surface area (Å²) in [5.41, 5.74) is 7.68. The van der Waals surface area contributed by atoms with Gasteiger partial charge in [0.05, 0.1) is 13.2 Å². The molecular weight excluding hydrogens is 220 g/mol. The van der Waals surface area contributed by atoms with Crippen LogP contribution in [-0.4, -0.2) is 47.3 Å². The zero-order chi connectivity index (χ0) is 12.8. The number of aliphatic hydroxyl groups excluding tert-OH is 2. The molecule has 0 atom stereocenters. The van der Waals surface area contributed by atoms with Gasteiger partial charge >= 0.3 is 0 Å². The minimum atomic E-state index is -0.236. The summed E-state index contributed by atoms with van der Waals surface area (Å²) < 4.78 is 0. The van der Waals surface area contributed by atoms with Gasteiger partial charge in [-0.2, -0.15) is 0 Å². The number of rotatable bonds is 5. The third-order valence-electron chi connectivity index (χ3n) is 2.55. The summed E-state index contributed by atoms with van der Waals surface area (Å²) in [6.07, 6.45) is 0. The molecule has 0 unspecified atom stereocenters. The van der Waals surface area contributed by atoms with Crippen molar-refractivity contribution in [3.8, 4) is 0 Å². The second-order valence-corrected chi connectivity index (χ2v) is 3.81. The number of carbonyl (C=O) groups excluding carboxylic acids is 1. The van der Waals surface area contributed by atoms with Crippen molar-refractivity contribution in [1.29, 1.82) is 0 Å². The molecule has 0 bridgehead atoms. The molecule has 0 aliphatic rings.